The van der Waals surface area contributed by atoms with Gasteiger partial charge < -0.3 is 4.57 Å². The van der Waals surface area contributed by atoms with Crippen LogP contribution in [0.5, 0.6) is 0 Å². The molecule has 0 spiro atoms. The number of amidine groups is 2. The van der Waals surface area contributed by atoms with Crippen LogP contribution in [0, 0.1) is 19.3 Å². The molecule has 33 heavy (non-hydrogen) atoms. The Morgan fingerprint density at radius 2 is 1.88 bits per heavy atom. The normalized spacial score (nSPS) is 16.8. The average molecular weight is 495 g/mol. The lowest BCUT2D eigenvalue weighted by Gasteiger charge is -2.20. The molecular formula is C23H16Cl2N6OS. The fourth-order valence-corrected chi connectivity index (χ4v) is 5.15. The minimum atomic E-state index is -0.475. The topological polar surface area (TPSA) is 86.7 Å². The number of carbonyl (C=O) groups excluding carboxylic acids is 1. The fourth-order valence-electron chi connectivity index (χ4n) is 3.75. The number of pyridine rings is 1. The molecule has 164 valence electrons. The van der Waals surface area contributed by atoms with E-state index in [1.165, 1.54) is 16.8 Å². The first-order chi connectivity index (χ1) is 15.8. The first-order valence-corrected chi connectivity index (χ1v) is 11.4. The van der Waals surface area contributed by atoms with Crippen LogP contribution in [0.25, 0.3) is 11.8 Å². The van der Waals surface area contributed by atoms with Crippen molar-refractivity contribution in [2.45, 2.75) is 13.8 Å². The van der Waals surface area contributed by atoms with E-state index in [9.17, 15) is 4.79 Å². The van der Waals surface area contributed by atoms with Gasteiger partial charge in [-0.1, -0.05) is 23.2 Å². The SMILES string of the molecule is Cc1cc(/C=C2/C(=N)N3N=C(c4cccnc4)SC3=NC2=O)c(C)n1-c1cc(Cl)cc(Cl)c1. The zero-order valence-electron chi connectivity index (χ0n) is 17.5. The zero-order valence-corrected chi connectivity index (χ0v) is 19.8. The lowest BCUT2D eigenvalue weighted by Crippen LogP contribution is -2.35. The van der Waals surface area contributed by atoms with Gasteiger partial charge in [0.05, 0.1) is 5.57 Å². The van der Waals surface area contributed by atoms with Crippen LogP contribution in [0.15, 0.2) is 64.5 Å². The standard InChI is InChI=1S/C23H16Cl2N6OS/c1-12-6-15(13(2)30(12)18-9-16(24)8-17(25)10-18)7-19-20(26)31-23(28-21(19)32)33-22(29-31)14-4-3-5-27-11-14/h3-11,26H,1-2H3/b19-7-,26-20?. The third-order valence-corrected chi connectivity index (χ3v) is 6.63. The molecule has 1 N–H and O–H groups in total. The molecule has 2 aromatic heterocycles. The van der Waals surface area contributed by atoms with E-state index in [2.05, 4.69) is 15.1 Å². The Morgan fingerprint density at radius 1 is 1.12 bits per heavy atom. The maximum atomic E-state index is 12.8. The van der Waals surface area contributed by atoms with Gasteiger partial charge in [0, 0.05) is 45.1 Å². The van der Waals surface area contributed by atoms with Crippen LogP contribution in [0.3, 0.4) is 0 Å². The van der Waals surface area contributed by atoms with Crippen molar-refractivity contribution in [3.05, 3.63) is 86.9 Å². The van der Waals surface area contributed by atoms with Crippen LogP contribution >= 0.6 is 35.0 Å². The highest BCUT2D eigenvalue weighted by Gasteiger charge is 2.36. The van der Waals surface area contributed by atoms with E-state index in [0.717, 1.165) is 28.2 Å². The molecule has 0 bridgehead atoms. The van der Waals surface area contributed by atoms with Crippen LogP contribution in [0.1, 0.15) is 22.5 Å². The van der Waals surface area contributed by atoms with E-state index in [-0.39, 0.29) is 11.4 Å². The van der Waals surface area contributed by atoms with Crippen LogP contribution < -0.4 is 0 Å². The lowest BCUT2D eigenvalue weighted by atomic mass is 10.1. The number of thioether (sulfide) groups is 1. The zero-order chi connectivity index (χ0) is 23.3. The van der Waals surface area contributed by atoms with Crippen molar-refractivity contribution in [1.29, 1.82) is 5.41 Å². The molecule has 7 nitrogen and oxygen atoms in total. The van der Waals surface area contributed by atoms with Crippen LogP contribution in [-0.4, -0.2) is 36.5 Å². The minimum absolute atomic E-state index is 0.0213. The average Bonchev–Trinajstić information content (AvgIpc) is 3.31. The summed E-state index contributed by atoms with van der Waals surface area (Å²) in [6.45, 7) is 3.89. The van der Waals surface area contributed by atoms with Crippen molar-refractivity contribution < 1.29 is 4.79 Å². The van der Waals surface area contributed by atoms with Gasteiger partial charge >= 0.3 is 0 Å². The number of fused-ring (bicyclic) bond motifs is 1. The number of aryl methyl sites for hydroxylation is 1. The molecule has 0 radical (unpaired) electrons. The van der Waals surface area contributed by atoms with Gasteiger partial charge in [0.15, 0.2) is 5.84 Å². The van der Waals surface area contributed by atoms with Gasteiger partial charge in [-0.3, -0.25) is 15.2 Å². The van der Waals surface area contributed by atoms with Crippen molar-refractivity contribution in [2.24, 2.45) is 10.1 Å². The minimum Gasteiger partial charge on any atom is -0.318 e. The maximum absolute atomic E-state index is 12.8. The monoisotopic (exact) mass is 494 g/mol. The number of benzene rings is 1. The highest BCUT2D eigenvalue weighted by atomic mass is 35.5. The van der Waals surface area contributed by atoms with Crippen molar-refractivity contribution in [3.63, 3.8) is 0 Å². The number of nitrogens with zero attached hydrogens (tertiary/aromatic N) is 5. The predicted octanol–water partition coefficient (Wildman–Crippen LogP) is 5.46. The van der Waals surface area contributed by atoms with Gasteiger partial charge in [0.1, 0.15) is 5.04 Å². The quantitative estimate of drug-likeness (QED) is 0.489. The summed E-state index contributed by atoms with van der Waals surface area (Å²) in [7, 11) is 0. The van der Waals surface area contributed by atoms with Gasteiger partial charge in [-0.2, -0.15) is 15.1 Å². The summed E-state index contributed by atoms with van der Waals surface area (Å²) in [4.78, 5) is 21.1. The lowest BCUT2D eigenvalue weighted by molar-refractivity contribution is -0.114. The summed E-state index contributed by atoms with van der Waals surface area (Å²) in [6.07, 6.45) is 5.04. The van der Waals surface area contributed by atoms with Gasteiger partial charge in [-0.05, 0) is 73.6 Å². The molecule has 2 aliphatic rings. The Kier molecular flexibility index (Phi) is 5.44. The van der Waals surface area contributed by atoms with E-state index >= 15 is 0 Å². The fraction of sp³-hybridized carbons (Fsp3) is 0.0870. The van der Waals surface area contributed by atoms with Crippen molar-refractivity contribution in [2.75, 3.05) is 0 Å². The summed E-state index contributed by atoms with van der Waals surface area (Å²) in [5.74, 6) is -0.496. The molecule has 4 heterocycles. The second-order valence-electron chi connectivity index (χ2n) is 7.46. The number of hydrogen-bond acceptors (Lipinski definition) is 5. The Balaban J connectivity index is 1.53. The number of aromatic nitrogens is 2. The Morgan fingerprint density at radius 3 is 2.58 bits per heavy atom. The van der Waals surface area contributed by atoms with E-state index in [1.807, 2.05) is 48.7 Å². The molecule has 0 atom stereocenters. The van der Waals surface area contributed by atoms with Crippen molar-refractivity contribution in [3.8, 4) is 5.69 Å². The van der Waals surface area contributed by atoms with Gasteiger partial charge in [-0.15, -0.1) is 0 Å². The molecular weight excluding hydrogens is 479 g/mol. The number of hydrogen-bond donors (Lipinski definition) is 1. The summed E-state index contributed by atoms with van der Waals surface area (Å²) in [5, 5.41) is 16.6. The van der Waals surface area contributed by atoms with Gasteiger partial charge in [-0.25, -0.2) is 0 Å². The molecule has 10 heteroatoms. The van der Waals surface area contributed by atoms with E-state index < -0.39 is 5.91 Å². The van der Waals surface area contributed by atoms with E-state index in [1.54, 1.807) is 24.5 Å². The van der Waals surface area contributed by atoms with Crippen molar-refractivity contribution >= 4 is 63.0 Å². The molecule has 0 saturated heterocycles. The Bertz CT molecular complexity index is 1400. The highest BCUT2D eigenvalue weighted by molar-refractivity contribution is 8.27. The van der Waals surface area contributed by atoms with Gasteiger partial charge in [0.2, 0.25) is 5.17 Å². The molecule has 5 rings (SSSR count). The van der Waals surface area contributed by atoms with E-state index in [4.69, 9.17) is 28.6 Å². The molecule has 2 aliphatic heterocycles. The van der Waals surface area contributed by atoms with Crippen LogP contribution in [0.2, 0.25) is 10.0 Å². The summed E-state index contributed by atoms with van der Waals surface area (Å²) >= 11 is 13.6. The second kappa shape index (κ2) is 8.30. The molecule has 1 amide bonds. The maximum Gasteiger partial charge on any atom is 0.283 e. The summed E-state index contributed by atoms with van der Waals surface area (Å²) < 4.78 is 2.00. The first kappa shape index (κ1) is 21.6. The number of hydrazone groups is 1. The third-order valence-electron chi connectivity index (χ3n) is 5.24. The van der Waals surface area contributed by atoms with Crippen molar-refractivity contribution in [1.82, 2.24) is 14.6 Å². The Labute approximate surface area is 203 Å². The highest BCUT2D eigenvalue weighted by Crippen LogP contribution is 2.32. The predicted molar refractivity (Wildman–Crippen MR) is 134 cm³/mol. The smallest absolute Gasteiger partial charge is 0.283 e. The Hall–Kier alpha value is -3.20. The number of nitrogens with one attached hydrogen (secondary N) is 1. The molecule has 1 aromatic carbocycles. The summed E-state index contributed by atoms with van der Waals surface area (Å²) in [5.41, 5.74) is 4.39. The molecule has 0 saturated carbocycles. The van der Waals surface area contributed by atoms with Gasteiger partial charge in [0.25, 0.3) is 5.91 Å². The molecule has 0 fully saturated rings. The molecule has 0 unspecified atom stereocenters. The molecule has 0 aliphatic carbocycles. The second-order valence-corrected chi connectivity index (χ2v) is 9.29. The molecule has 3 aromatic rings. The number of halogens is 2. The largest absolute Gasteiger partial charge is 0.318 e. The number of carbonyl (C=O) groups is 1. The first-order valence-electron chi connectivity index (χ1n) is 9.88. The number of rotatable bonds is 3. The third kappa shape index (κ3) is 3.90. The van der Waals surface area contributed by atoms with Crippen LogP contribution in [-0.2, 0) is 4.79 Å². The van der Waals surface area contributed by atoms with Crippen LogP contribution in [0.4, 0.5) is 0 Å². The number of aliphatic imine (C=N–C) groups is 1. The number of amides is 1. The summed E-state index contributed by atoms with van der Waals surface area (Å²) in [6, 6.07) is 10.9. The van der Waals surface area contributed by atoms with E-state index in [0.29, 0.717) is 20.3 Å².